The van der Waals surface area contributed by atoms with Crippen LogP contribution in [0, 0.1) is 11.3 Å². The van der Waals surface area contributed by atoms with Gasteiger partial charge in [-0.3, -0.25) is 0 Å². The largest absolute Gasteiger partial charge is 0.484 e. The van der Waals surface area contributed by atoms with Crippen LogP contribution in [0.25, 0.3) is 0 Å². The van der Waals surface area contributed by atoms with Gasteiger partial charge in [0.05, 0.1) is 5.56 Å². The smallest absolute Gasteiger partial charge is 0.137 e. The molecule has 0 saturated carbocycles. The van der Waals surface area contributed by atoms with Crippen molar-refractivity contribution >= 4 is 0 Å². The van der Waals surface area contributed by atoms with Crippen molar-refractivity contribution < 1.29 is 4.74 Å². The van der Waals surface area contributed by atoms with Gasteiger partial charge in [-0.15, -0.1) is 0 Å². The summed E-state index contributed by atoms with van der Waals surface area (Å²) < 4.78 is 6.26. The van der Waals surface area contributed by atoms with E-state index in [2.05, 4.69) is 23.5 Å². The van der Waals surface area contributed by atoms with Crippen LogP contribution < -0.4 is 10.1 Å². The molecule has 1 heterocycles. The summed E-state index contributed by atoms with van der Waals surface area (Å²) in [6.45, 7) is 1.08. The molecule has 1 fully saturated rings. The zero-order valence-electron chi connectivity index (χ0n) is 13.2. The summed E-state index contributed by atoms with van der Waals surface area (Å²) in [6.07, 6.45) is 4.59. The van der Waals surface area contributed by atoms with Gasteiger partial charge in [-0.25, -0.2) is 0 Å². The minimum Gasteiger partial charge on any atom is -0.484 e. The Labute approximate surface area is 137 Å². The predicted molar refractivity (Wildman–Crippen MR) is 91.2 cm³/mol. The highest BCUT2D eigenvalue weighted by atomic mass is 16.5. The predicted octanol–water partition coefficient (Wildman–Crippen LogP) is 4.21. The first-order chi connectivity index (χ1) is 11.4. The molecular formula is C20H22N2O. The molecule has 3 rings (SSSR count). The van der Waals surface area contributed by atoms with E-state index in [1.807, 2.05) is 36.4 Å². The molecule has 3 nitrogen and oxygen atoms in total. The highest BCUT2D eigenvalue weighted by Crippen LogP contribution is 2.29. The van der Waals surface area contributed by atoms with Crippen molar-refractivity contribution in [3.8, 4) is 11.8 Å². The van der Waals surface area contributed by atoms with Crippen LogP contribution in [0.3, 0.4) is 0 Å². The molecule has 2 atom stereocenters. The van der Waals surface area contributed by atoms with Gasteiger partial charge in [-0.1, -0.05) is 48.9 Å². The Morgan fingerprint density at radius 1 is 1.09 bits per heavy atom. The minimum atomic E-state index is -0.0405. The summed E-state index contributed by atoms with van der Waals surface area (Å²) in [6, 6.07) is 20.4. The van der Waals surface area contributed by atoms with Gasteiger partial charge < -0.3 is 10.1 Å². The lowest BCUT2D eigenvalue weighted by atomic mass is 9.95. The number of nitrogens with one attached hydrogen (secondary N) is 1. The number of benzene rings is 2. The number of nitrogens with zero attached hydrogens (tertiary/aromatic N) is 1. The quantitative estimate of drug-likeness (QED) is 0.900. The molecule has 0 amide bonds. The molecule has 0 spiro atoms. The Morgan fingerprint density at radius 3 is 2.61 bits per heavy atom. The lowest BCUT2D eigenvalue weighted by Crippen LogP contribution is -2.36. The molecule has 1 aliphatic rings. The molecule has 0 aromatic heterocycles. The zero-order chi connectivity index (χ0) is 15.9. The Kier molecular flexibility index (Phi) is 5.29. The fraction of sp³-hybridized carbons (Fsp3) is 0.350. The van der Waals surface area contributed by atoms with Crippen molar-refractivity contribution in [2.75, 3.05) is 6.54 Å². The average molecular weight is 306 g/mol. The molecule has 2 unspecified atom stereocenters. The van der Waals surface area contributed by atoms with Gasteiger partial charge in [0.25, 0.3) is 0 Å². The fourth-order valence-corrected chi connectivity index (χ4v) is 3.12. The summed E-state index contributed by atoms with van der Waals surface area (Å²) in [4.78, 5) is 0. The van der Waals surface area contributed by atoms with Crippen molar-refractivity contribution in [2.45, 2.75) is 37.8 Å². The van der Waals surface area contributed by atoms with Gasteiger partial charge in [-0.2, -0.15) is 5.26 Å². The molecule has 23 heavy (non-hydrogen) atoms. The summed E-state index contributed by atoms with van der Waals surface area (Å²) in [7, 11) is 0. The molecule has 1 N–H and O–H groups in total. The molecular weight excluding hydrogens is 284 g/mol. The van der Waals surface area contributed by atoms with Gasteiger partial charge >= 0.3 is 0 Å². The van der Waals surface area contributed by atoms with Crippen LogP contribution >= 0.6 is 0 Å². The van der Waals surface area contributed by atoms with Crippen molar-refractivity contribution in [1.82, 2.24) is 5.32 Å². The molecule has 0 bridgehead atoms. The Balaban J connectivity index is 1.81. The van der Waals surface area contributed by atoms with Crippen molar-refractivity contribution in [2.24, 2.45) is 0 Å². The SMILES string of the molecule is N#Cc1ccccc1OC(CC1CCCCN1)c1ccccc1. The van der Waals surface area contributed by atoms with Crippen LogP contribution in [-0.4, -0.2) is 12.6 Å². The number of hydrogen-bond donors (Lipinski definition) is 1. The number of nitriles is 1. The van der Waals surface area contributed by atoms with E-state index >= 15 is 0 Å². The number of para-hydroxylation sites is 1. The average Bonchev–Trinajstić information content (AvgIpc) is 2.63. The van der Waals surface area contributed by atoms with E-state index in [1.165, 1.54) is 19.3 Å². The number of hydrogen-bond acceptors (Lipinski definition) is 3. The van der Waals surface area contributed by atoms with Gasteiger partial charge in [0.1, 0.15) is 17.9 Å². The summed E-state index contributed by atoms with van der Waals surface area (Å²) >= 11 is 0. The van der Waals surface area contributed by atoms with Crippen LogP contribution in [0.2, 0.25) is 0 Å². The Morgan fingerprint density at radius 2 is 1.87 bits per heavy atom. The van der Waals surface area contributed by atoms with Gasteiger partial charge in [0.2, 0.25) is 0 Å². The normalized spacial score (nSPS) is 18.8. The Hall–Kier alpha value is -2.31. The molecule has 118 valence electrons. The lowest BCUT2D eigenvalue weighted by Gasteiger charge is -2.28. The highest BCUT2D eigenvalue weighted by molar-refractivity contribution is 5.43. The summed E-state index contributed by atoms with van der Waals surface area (Å²) in [5.41, 5.74) is 1.75. The first-order valence-electron chi connectivity index (χ1n) is 8.31. The third kappa shape index (κ3) is 4.12. The molecule has 1 saturated heterocycles. The molecule has 0 radical (unpaired) electrons. The third-order valence-corrected chi connectivity index (χ3v) is 4.36. The van der Waals surface area contributed by atoms with Crippen molar-refractivity contribution in [3.05, 3.63) is 65.7 Å². The molecule has 3 heteroatoms. The zero-order valence-corrected chi connectivity index (χ0v) is 13.2. The topological polar surface area (TPSA) is 45.0 Å². The minimum absolute atomic E-state index is 0.0405. The second kappa shape index (κ2) is 7.80. The van der Waals surface area contributed by atoms with E-state index in [-0.39, 0.29) is 6.10 Å². The van der Waals surface area contributed by atoms with Crippen LogP contribution in [0.15, 0.2) is 54.6 Å². The van der Waals surface area contributed by atoms with Crippen LogP contribution in [0.4, 0.5) is 0 Å². The second-order valence-electron chi connectivity index (χ2n) is 6.01. The molecule has 1 aliphatic heterocycles. The summed E-state index contributed by atoms with van der Waals surface area (Å²) in [5.74, 6) is 0.666. The lowest BCUT2D eigenvalue weighted by molar-refractivity contribution is 0.168. The number of rotatable bonds is 5. The van der Waals surface area contributed by atoms with E-state index < -0.39 is 0 Å². The standard InChI is InChI=1S/C20H22N2O/c21-15-17-10-4-5-12-19(17)23-20(16-8-2-1-3-9-16)14-18-11-6-7-13-22-18/h1-5,8-10,12,18,20,22H,6-7,11,13-14H2. The first-order valence-corrected chi connectivity index (χ1v) is 8.31. The van der Waals surface area contributed by atoms with Crippen LogP contribution in [0.1, 0.15) is 42.9 Å². The fourth-order valence-electron chi connectivity index (χ4n) is 3.12. The number of ether oxygens (including phenoxy) is 1. The monoisotopic (exact) mass is 306 g/mol. The van der Waals surface area contributed by atoms with Crippen LogP contribution in [0.5, 0.6) is 5.75 Å². The Bertz CT molecular complexity index is 657. The van der Waals surface area contributed by atoms with Gasteiger partial charge in [-0.05, 0) is 37.1 Å². The third-order valence-electron chi connectivity index (χ3n) is 4.36. The van der Waals surface area contributed by atoms with Crippen molar-refractivity contribution in [1.29, 1.82) is 5.26 Å². The van der Waals surface area contributed by atoms with E-state index in [0.29, 0.717) is 17.4 Å². The van der Waals surface area contributed by atoms with Gasteiger partial charge in [0.15, 0.2) is 0 Å². The molecule has 0 aliphatic carbocycles. The second-order valence-corrected chi connectivity index (χ2v) is 6.01. The molecule has 2 aromatic rings. The maximum absolute atomic E-state index is 9.28. The number of piperidine rings is 1. The van der Waals surface area contributed by atoms with E-state index in [0.717, 1.165) is 18.5 Å². The van der Waals surface area contributed by atoms with E-state index in [9.17, 15) is 5.26 Å². The highest BCUT2D eigenvalue weighted by Gasteiger charge is 2.22. The summed E-state index contributed by atoms with van der Waals surface area (Å²) in [5, 5.41) is 12.9. The van der Waals surface area contributed by atoms with E-state index in [1.54, 1.807) is 6.07 Å². The van der Waals surface area contributed by atoms with Crippen LogP contribution in [-0.2, 0) is 0 Å². The molecule has 2 aromatic carbocycles. The van der Waals surface area contributed by atoms with Crippen molar-refractivity contribution in [3.63, 3.8) is 0 Å². The maximum Gasteiger partial charge on any atom is 0.137 e. The van der Waals surface area contributed by atoms with E-state index in [4.69, 9.17) is 4.74 Å². The maximum atomic E-state index is 9.28. The first kappa shape index (κ1) is 15.6. The van der Waals surface area contributed by atoms with Gasteiger partial charge in [0, 0.05) is 12.5 Å².